The van der Waals surface area contributed by atoms with E-state index >= 15 is 0 Å². The first-order valence-corrected chi connectivity index (χ1v) is 6.42. The minimum absolute atomic E-state index is 0.0939. The molecule has 1 atom stereocenters. The van der Waals surface area contributed by atoms with Crippen LogP contribution in [0.4, 0.5) is 8.78 Å². The van der Waals surface area contributed by atoms with Gasteiger partial charge in [-0.25, -0.2) is 8.78 Å². The van der Waals surface area contributed by atoms with Gasteiger partial charge in [0.15, 0.2) is 0 Å². The van der Waals surface area contributed by atoms with Crippen LogP contribution in [0.5, 0.6) is 0 Å². The van der Waals surface area contributed by atoms with Crippen LogP contribution in [-0.4, -0.2) is 10.9 Å². The van der Waals surface area contributed by atoms with E-state index in [9.17, 15) is 13.6 Å². The molecule has 1 unspecified atom stereocenters. The Balaban J connectivity index is 2.16. The van der Waals surface area contributed by atoms with Crippen molar-refractivity contribution < 1.29 is 13.6 Å². The lowest BCUT2D eigenvalue weighted by Gasteiger charge is -2.15. The molecule has 2 aromatic rings. The lowest BCUT2D eigenvalue weighted by atomic mass is 10.1. The number of amides is 1. The SMILES string of the molecule is CC(NC(=O)c1ccnc(CN)c1)c1cc(F)ccc1F. The minimum atomic E-state index is -0.664. The van der Waals surface area contributed by atoms with Crippen LogP contribution in [0.1, 0.15) is 34.6 Å². The first kappa shape index (κ1) is 15.1. The highest BCUT2D eigenvalue weighted by molar-refractivity contribution is 5.94. The molecule has 4 nitrogen and oxygen atoms in total. The summed E-state index contributed by atoms with van der Waals surface area (Å²) in [6.07, 6.45) is 1.48. The van der Waals surface area contributed by atoms with Crippen molar-refractivity contribution >= 4 is 5.91 Å². The van der Waals surface area contributed by atoms with Gasteiger partial charge in [0, 0.05) is 23.9 Å². The minimum Gasteiger partial charge on any atom is -0.345 e. The first-order valence-electron chi connectivity index (χ1n) is 6.42. The van der Waals surface area contributed by atoms with Crippen LogP contribution in [0.15, 0.2) is 36.5 Å². The topological polar surface area (TPSA) is 68.0 Å². The summed E-state index contributed by atoms with van der Waals surface area (Å²) < 4.78 is 26.8. The third-order valence-electron chi connectivity index (χ3n) is 3.06. The van der Waals surface area contributed by atoms with Gasteiger partial charge in [0.1, 0.15) is 11.6 Å². The number of nitrogens with one attached hydrogen (secondary N) is 1. The number of rotatable bonds is 4. The summed E-state index contributed by atoms with van der Waals surface area (Å²) in [5, 5.41) is 2.62. The Morgan fingerprint density at radius 1 is 1.33 bits per heavy atom. The number of hydrogen-bond acceptors (Lipinski definition) is 3. The van der Waals surface area contributed by atoms with Crippen molar-refractivity contribution in [2.75, 3.05) is 0 Å². The van der Waals surface area contributed by atoms with Gasteiger partial charge in [0.2, 0.25) is 0 Å². The van der Waals surface area contributed by atoms with Crippen LogP contribution in [0.2, 0.25) is 0 Å². The van der Waals surface area contributed by atoms with Gasteiger partial charge in [0.05, 0.1) is 11.7 Å². The van der Waals surface area contributed by atoms with Gasteiger partial charge in [0.25, 0.3) is 5.91 Å². The summed E-state index contributed by atoms with van der Waals surface area (Å²) in [7, 11) is 0. The van der Waals surface area contributed by atoms with Crippen LogP contribution in [0.25, 0.3) is 0 Å². The Kier molecular flexibility index (Phi) is 4.59. The van der Waals surface area contributed by atoms with Crippen LogP contribution < -0.4 is 11.1 Å². The molecule has 0 saturated heterocycles. The molecule has 3 N–H and O–H groups in total. The normalized spacial score (nSPS) is 12.0. The molecule has 6 heteroatoms. The summed E-state index contributed by atoms with van der Waals surface area (Å²) in [6, 6.07) is 5.56. The van der Waals surface area contributed by atoms with Crippen molar-refractivity contribution in [2.24, 2.45) is 5.73 Å². The molecule has 2 rings (SSSR count). The fraction of sp³-hybridized carbons (Fsp3) is 0.200. The van der Waals surface area contributed by atoms with Gasteiger partial charge in [-0.15, -0.1) is 0 Å². The highest BCUT2D eigenvalue weighted by Gasteiger charge is 2.16. The molecule has 0 fully saturated rings. The molecule has 1 aromatic carbocycles. The van der Waals surface area contributed by atoms with Gasteiger partial charge in [-0.3, -0.25) is 9.78 Å². The molecule has 0 saturated carbocycles. The van der Waals surface area contributed by atoms with Crippen molar-refractivity contribution in [1.29, 1.82) is 0 Å². The zero-order valence-electron chi connectivity index (χ0n) is 11.4. The lowest BCUT2D eigenvalue weighted by molar-refractivity contribution is 0.0939. The Morgan fingerprint density at radius 3 is 2.81 bits per heavy atom. The molecular weight excluding hydrogens is 276 g/mol. The molecular formula is C15H15F2N3O. The maximum atomic E-state index is 13.6. The second-order valence-corrected chi connectivity index (χ2v) is 4.60. The molecule has 0 spiro atoms. The van der Waals surface area contributed by atoms with E-state index in [-0.39, 0.29) is 12.1 Å². The van der Waals surface area contributed by atoms with E-state index in [4.69, 9.17) is 5.73 Å². The average Bonchev–Trinajstić information content (AvgIpc) is 2.49. The highest BCUT2D eigenvalue weighted by Crippen LogP contribution is 2.18. The fourth-order valence-electron chi connectivity index (χ4n) is 1.94. The van der Waals surface area contributed by atoms with E-state index in [1.54, 1.807) is 13.0 Å². The molecule has 0 bridgehead atoms. The average molecular weight is 291 g/mol. The first-order chi connectivity index (χ1) is 10.0. The monoisotopic (exact) mass is 291 g/mol. The van der Waals surface area contributed by atoms with Crippen molar-refractivity contribution in [3.05, 3.63) is 65.0 Å². The Labute approximate surface area is 121 Å². The number of hydrogen-bond donors (Lipinski definition) is 2. The van der Waals surface area contributed by atoms with Gasteiger partial charge >= 0.3 is 0 Å². The maximum Gasteiger partial charge on any atom is 0.251 e. The molecule has 0 radical (unpaired) electrons. The lowest BCUT2D eigenvalue weighted by Crippen LogP contribution is -2.27. The van der Waals surface area contributed by atoms with Crippen molar-refractivity contribution in [3.63, 3.8) is 0 Å². The molecule has 110 valence electrons. The van der Waals surface area contributed by atoms with Gasteiger partial charge < -0.3 is 11.1 Å². The van der Waals surface area contributed by atoms with Crippen molar-refractivity contribution in [1.82, 2.24) is 10.3 Å². The maximum absolute atomic E-state index is 13.6. The fourth-order valence-corrected chi connectivity index (χ4v) is 1.94. The summed E-state index contributed by atoms with van der Waals surface area (Å²) in [5.74, 6) is -1.52. The van der Waals surface area contributed by atoms with Crippen LogP contribution in [-0.2, 0) is 6.54 Å². The Hall–Kier alpha value is -2.34. The van der Waals surface area contributed by atoms with Gasteiger partial charge in [-0.05, 0) is 37.3 Å². The molecule has 1 amide bonds. The number of aromatic nitrogens is 1. The highest BCUT2D eigenvalue weighted by atomic mass is 19.1. The molecule has 0 aliphatic rings. The van der Waals surface area contributed by atoms with Crippen LogP contribution in [0.3, 0.4) is 0 Å². The third-order valence-corrected chi connectivity index (χ3v) is 3.06. The van der Waals surface area contributed by atoms with Gasteiger partial charge in [-0.1, -0.05) is 0 Å². The number of benzene rings is 1. The van der Waals surface area contributed by atoms with Crippen LogP contribution in [0, 0.1) is 11.6 Å². The molecule has 21 heavy (non-hydrogen) atoms. The quantitative estimate of drug-likeness (QED) is 0.908. The standard InChI is InChI=1S/C15H15F2N3O/c1-9(13-7-11(16)2-3-14(13)17)20-15(21)10-4-5-19-12(6-10)8-18/h2-7,9H,8,18H2,1H3,(H,20,21). The van der Waals surface area contributed by atoms with E-state index in [0.717, 1.165) is 18.2 Å². The second-order valence-electron chi connectivity index (χ2n) is 4.60. The van der Waals surface area contributed by atoms with Crippen molar-refractivity contribution in [3.8, 4) is 0 Å². The van der Waals surface area contributed by atoms with Crippen LogP contribution >= 0.6 is 0 Å². The Bertz CT molecular complexity index is 661. The smallest absolute Gasteiger partial charge is 0.251 e. The number of nitrogens with zero attached hydrogens (tertiary/aromatic N) is 1. The van der Waals surface area contributed by atoms with E-state index in [2.05, 4.69) is 10.3 Å². The number of pyridine rings is 1. The van der Waals surface area contributed by atoms with E-state index in [0.29, 0.717) is 11.3 Å². The summed E-state index contributed by atoms with van der Waals surface area (Å²) in [6.45, 7) is 1.80. The summed E-state index contributed by atoms with van der Waals surface area (Å²) >= 11 is 0. The van der Waals surface area contributed by atoms with E-state index in [1.807, 2.05) is 0 Å². The predicted octanol–water partition coefficient (Wildman–Crippen LogP) is 2.31. The number of nitrogens with two attached hydrogens (primary N) is 1. The second kappa shape index (κ2) is 6.41. The zero-order valence-corrected chi connectivity index (χ0v) is 11.4. The summed E-state index contributed by atoms with van der Waals surface area (Å²) in [5.41, 5.74) is 6.50. The zero-order chi connectivity index (χ0) is 15.4. The van der Waals surface area contributed by atoms with E-state index < -0.39 is 23.6 Å². The summed E-state index contributed by atoms with van der Waals surface area (Å²) in [4.78, 5) is 16.1. The molecule has 0 aliphatic heterocycles. The van der Waals surface area contributed by atoms with Crippen molar-refractivity contribution in [2.45, 2.75) is 19.5 Å². The molecule has 1 heterocycles. The Morgan fingerprint density at radius 2 is 2.10 bits per heavy atom. The van der Waals surface area contributed by atoms with Gasteiger partial charge in [-0.2, -0.15) is 0 Å². The number of carbonyl (C=O) groups is 1. The number of halogens is 2. The molecule has 1 aromatic heterocycles. The van der Waals surface area contributed by atoms with E-state index in [1.165, 1.54) is 12.3 Å². The molecule has 0 aliphatic carbocycles. The largest absolute Gasteiger partial charge is 0.345 e. The predicted molar refractivity (Wildman–Crippen MR) is 74.4 cm³/mol. The third kappa shape index (κ3) is 3.61. The number of carbonyl (C=O) groups excluding carboxylic acids is 1.